The molecular formula is C4H6N2OS. The van der Waals surface area contributed by atoms with Crippen LogP contribution < -0.4 is 10.6 Å². The summed E-state index contributed by atoms with van der Waals surface area (Å²) in [6.07, 6.45) is 0. The Labute approximate surface area is 52.4 Å². The standard InChI is InChI=1S/C4H6N2OS/c7-4-5-1-3(2-8)6-4/h2-3H,1H2,(H2,5,6,7). The van der Waals surface area contributed by atoms with Gasteiger partial charge >= 0.3 is 6.03 Å². The maximum Gasteiger partial charge on any atom is 0.315 e. The lowest BCUT2D eigenvalue weighted by atomic mass is 10.4. The third-order valence-electron chi connectivity index (χ3n) is 0.963. The molecule has 0 radical (unpaired) electrons. The lowest BCUT2D eigenvalue weighted by Gasteiger charge is -1.94. The Morgan fingerprint density at radius 2 is 2.62 bits per heavy atom. The Balaban J connectivity index is 2.43. The summed E-state index contributed by atoms with van der Waals surface area (Å²) in [5.74, 6) is 0. The third kappa shape index (κ3) is 0.949. The van der Waals surface area contributed by atoms with E-state index in [0.29, 0.717) is 6.54 Å². The third-order valence-corrected chi connectivity index (χ3v) is 1.29. The molecule has 44 valence electrons. The van der Waals surface area contributed by atoms with Gasteiger partial charge in [-0.05, 0) is 0 Å². The fraction of sp³-hybridized carbons (Fsp3) is 0.500. The molecule has 0 aromatic heterocycles. The lowest BCUT2D eigenvalue weighted by Crippen LogP contribution is -2.26. The molecule has 1 unspecified atom stereocenters. The molecule has 0 aliphatic carbocycles. The second kappa shape index (κ2) is 2.09. The van der Waals surface area contributed by atoms with E-state index in [2.05, 4.69) is 22.9 Å². The van der Waals surface area contributed by atoms with Crippen LogP contribution in [-0.4, -0.2) is 24.0 Å². The average molecular weight is 130 g/mol. The second-order valence-corrected chi connectivity index (χ2v) is 1.87. The van der Waals surface area contributed by atoms with Crippen molar-refractivity contribution in [1.82, 2.24) is 10.6 Å². The summed E-state index contributed by atoms with van der Waals surface area (Å²) in [4.78, 5) is 10.3. The Bertz CT molecular complexity index is 125. The smallest absolute Gasteiger partial charge is 0.315 e. The van der Waals surface area contributed by atoms with Crippen LogP contribution in [0, 0.1) is 0 Å². The van der Waals surface area contributed by atoms with E-state index in [4.69, 9.17) is 0 Å². The zero-order valence-electron chi connectivity index (χ0n) is 4.18. The Hall–Kier alpha value is -0.640. The molecule has 2 amide bonds. The molecule has 1 aliphatic heterocycles. The molecule has 1 aliphatic rings. The first-order valence-corrected chi connectivity index (χ1v) is 2.80. The van der Waals surface area contributed by atoms with Crippen LogP contribution >= 0.6 is 12.2 Å². The first-order chi connectivity index (χ1) is 3.83. The molecule has 0 aromatic rings. The summed E-state index contributed by atoms with van der Waals surface area (Å²) in [6, 6.07) is -0.0754. The number of thiocarbonyl (C=S) groups is 1. The SMILES string of the molecule is O=C1NCC(C=S)N1. The molecule has 1 heterocycles. The molecule has 1 rings (SSSR count). The van der Waals surface area contributed by atoms with Crippen LogP contribution in [0.1, 0.15) is 0 Å². The molecule has 8 heavy (non-hydrogen) atoms. The predicted molar refractivity (Wildman–Crippen MR) is 34.0 cm³/mol. The zero-order valence-corrected chi connectivity index (χ0v) is 4.99. The number of hydrogen-bond donors (Lipinski definition) is 2. The lowest BCUT2D eigenvalue weighted by molar-refractivity contribution is 0.248. The van der Waals surface area contributed by atoms with E-state index in [-0.39, 0.29) is 12.1 Å². The number of hydrogen-bond acceptors (Lipinski definition) is 2. The number of nitrogens with one attached hydrogen (secondary N) is 2. The fourth-order valence-corrected chi connectivity index (χ4v) is 0.720. The maximum atomic E-state index is 10.3. The van der Waals surface area contributed by atoms with E-state index >= 15 is 0 Å². The largest absolute Gasteiger partial charge is 0.336 e. The minimum Gasteiger partial charge on any atom is -0.336 e. The summed E-state index contributed by atoms with van der Waals surface area (Å²) in [7, 11) is 0. The molecule has 2 N–H and O–H groups in total. The minimum atomic E-state index is -0.129. The highest BCUT2D eigenvalue weighted by molar-refractivity contribution is 7.79. The summed E-state index contributed by atoms with van der Waals surface area (Å²) in [5.41, 5.74) is 0. The molecule has 1 fully saturated rings. The minimum absolute atomic E-state index is 0.0532. The van der Waals surface area contributed by atoms with E-state index in [1.54, 1.807) is 0 Å². The van der Waals surface area contributed by atoms with Gasteiger partial charge in [0.25, 0.3) is 0 Å². The molecule has 0 aromatic carbocycles. The van der Waals surface area contributed by atoms with Crippen LogP contribution in [0.5, 0.6) is 0 Å². The maximum absolute atomic E-state index is 10.3. The predicted octanol–water partition coefficient (Wildman–Crippen LogP) is -0.332. The van der Waals surface area contributed by atoms with Crippen LogP contribution in [0.4, 0.5) is 4.79 Å². The summed E-state index contributed by atoms with van der Waals surface area (Å²) in [6.45, 7) is 0.627. The van der Waals surface area contributed by atoms with Crippen molar-refractivity contribution >= 4 is 23.6 Å². The zero-order chi connectivity index (χ0) is 5.98. The summed E-state index contributed by atoms with van der Waals surface area (Å²) in [5, 5.41) is 6.71. The van der Waals surface area contributed by atoms with Crippen LogP contribution in [0.25, 0.3) is 0 Å². The molecule has 0 spiro atoms. The number of urea groups is 1. The first-order valence-electron chi connectivity index (χ1n) is 2.32. The number of carbonyl (C=O) groups is 1. The Kier molecular flexibility index (Phi) is 1.43. The van der Waals surface area contributed by atoms with Gasteiger partial charge in [-0.3, -0.25) is 0 Å². The molecule has 1 atom stereocenters. The van der Waals surface area contributed by atoms with Gasteiger partial charge in [0.2, 0.25) is 0 Å². The number of rotatable bonds is 1. The number of amides is 2. The molecule has 1 saturated heterocycles. The van der Waals surface area contributed by atoms with E-state index in [1.807, 2.05) is 0 Å². The van der Waals surface area contributed by atoms with Crippen LogP contribution in [0.2, 0.25) is 0 Å². The van der Waals surface area contributed by atoms with Gasteiger partial charge in [0.15, 0.2) is 0 Å². The molecule has 4 heteroatoms. The normalized spacial score (nSPS) is 26.5. The van der Waals surface area contributed by atoms with Crippen molar-refractivity contribution in [2.75, 3.05) is 6.54 Å². The van der Waals surface area contributed by atoms with Crippen molar-refractivity contribution in [3.05, 3.63) is 0 Å². The van der Waals surface area contributed by atoms with Gasteiger partial charge in [-0.1, -0.05) is 12.2 Å². The fourth-order valence-electron chi connectivity index (χ4n) is 0.555. The van der Waals surface area contributed by atoms with E-state index < -0.39 is 0 Å². The first kappa shape index (κ1) is 5.50. The van der Waals surface area contributed by atoms with Crippen molar-refractivity contribution in [2.45, 2.75) is 6.04 Å². The van der Waals surface area contributed by atoms with Crippen molar-refractivity contribution < 1.29 is 4.79 Å². The van der Waals surface area contributed by atoms with Gasteiger partial charge in [-0.2, -0.15) is 0 Å². The highest BCUT2D eigenvalue weighted by Gasteiger charge is 2.15. The Morgan fingerprint density at radius 3 is 2.88 bits per heavy atom. The average Bonchev–Trinajstić information content (AvgIpc) is 2.14. The summed E-state index contributed by atoms with van der Waals surface area (Å²) < 4.78 is 0. The van der Waals surface area contributed by atoms with Crippen molar-refractivity contribution in [1.29, 1.82) is 0 Å². The van der Waals surface area contributed by atoms with Crippen LogP contribution in [0.3, 0.4) is 0 Å². The highest BCUT2D eigenvalue weighted by Crippen LogP contribution is 1.84. The molecule has 0 bridgehead atoms. The van der Waals surface area contributed by atoms with Crippen molar-refractivity contribution in [3.8, 4) is 0 Å². The quantitative estimate of drug-likeness (QED) is 0.477. The van der Waals surface area contributed by atoms with E-state index in [0.717, 1.165) is 0 Å². The van der Waals surface area contributed by atoms with Gasteiger partial charge in [0.05, 0.1) is 6.04 Å². The van der Waals surface area contributed by atoms with Gasteiger partial charge in [0.1, 0.15) is 0 Å². The van der Waals surface area contributed by atoms with Crippen molar-refractivity contribution in [3.63, 3.8) is 0 Å². The van der Waals surface area contributed by atoms with Gasteiger partial charge in [-0.15, -0.1) is 0 Å². The topological polar surface area (TPSA) is 41.1 Å². The molecular weight excluding hydrogens is 124 g/mol. The van der Waals surface area contributed by atoms with E-state index in [9.17, 15) is 4.79 Å². The van der Waals surface area contributed by atoms with Gasteiger partial charge in [0, 0.05) is 11.9 Å². The van der Waals surface area contributed by atoms with Crippen LogP contribution in [-0.2, 0) is 0 Å². The van der Waals surface area contributed by atoms with E-state index in [1.165, 1.54) is 5.37 Å². The van der Waals surface area contributed by atoms with Crippen LogP contribution in [0.15, 0.2) is 0 Å². The highest BCUT2D eigenvalue weighted by atomic mass is 32.1. The van der Waals surface area contributed by atoms with Crippen molar-refractivity contribution in [2.24, 2.45) is 0 Å². The second-order valence-electron chi connectivity index (χ2n) is 1.60. The van der Waals surface area contributed by atoms with Gasteiger partial charge in [-0.25, -0.2) is 4.79 Å². The van der Waals surface area contributed by atoms with Gasteiger partial charge < -0.3 is 10.6 Å². The molecule has 3 nitrogen and oxygen atoms in total. The summed E-state index contributed by atoms with van der Waals surface area (Å²) >= 11 is 4.58. The monoisotopic (exact) mass is 130 g/mol. The molecule has 0 saturated carbocycles. The number of carbonyl (C=O) groups excluding carboxylic acids is 1. The Morgan fingerprint density at radius 1 is 1.88 bits per heavy atom.